The molecule has 1 amide bonds. The zero-order valence-electron chi connectivity index (χ0n) is 8.49. The standard InChI is InChI=1S/C10H9ClN4O/c1-6-4-8(11)7(5-12-6)10(16)14-9-2-3-13-15-9/h2-5H,1H3,(H2,13,14,15,16). The van der Waals surface area contributed by atoms with E-state index in [1.807, 2.05) is 6.92 Å². The normalized spacial score (nSPS) is 10.1. The van der Waals surface area contributed by atoms with Crippen LogP contribution in [-0.4, -0.2) is 21.1 Å². The molecule has 2 heterocycles. The topological polar surface area (TPSA) is 70.7 Å². The van der Waals surface area contributed by atoms with Crippen LogP contribution >= 0.6 is 11.6 Å². The average molecular weight is 237 g/mol. The molecule has 0 spiro atoms. The van der Waals surface area contributed by atoms with Crippen molar-refractivity contribution in [2.75, 3.05) is 5.32 Å². The molecule has 0 aliphatic rings. The summed E-state index contributed by atoms with van der Waals surface area (Å²) >= 11 is 5.94. The number of H-pyrrole nitrogens is 1. The van der Waals surface area contributed by atoms with E-state index in [0.717, 1.165) is 5.69 Å². The summed E-state index contributed by atoms with van der Waals surface area (Å²) in [5.41, 5.74) is 1.10. The number of carbonyl (C=O) groups is 1. The second kappa shape index (κ2) is 4.32. The summed E-state index contributed by atoms with van der Waals surface area (Å²) in [4.78, 5) is 15.8. The van der Waals surface area contributed by atoms with Crippen LogP contribution in [0.5, 0.6) is 0 Å². The summed E-state index contributed by atoms with van der Waals surface area (Å²) in [6.45, 7) is 1.81. The van der Waals surface area contributed by atoms with E-state index < -0.39 is 0 Å². The largest absolute Gasteiger partial charge is 0.307 e. The lowest BCUT2D eigenvalue weighted by Gasteiger charge is -2.04. The smallest absolute Gasteiger partial charge is 0.259 e. The predicted octanol–water partition coefficient (Wildman–Crippen LogP) is 2.02. The van der Waals surface area contributed by atoms with Crippen molar-refractivity contribution in [3.05, 3.63) is 40.8 Å². The number of carbonyl (C=O) groups excluding carboxylic acids is 1. The molecule has 0 saturated heterocycles. The van der Waals surface area contributed by atoms with E-state index in [1.54, 1.807) is 18.3 Å². The maximum absolute atomic E-state index is 11.8. The molecule has 2 aromatic heterocycles. The molecule has 0 aliphatic carbocycles. The van der Waals surface area contributed by atoms with Gasteiger partial charge in [-0.1, -0.05) is 11.6 Å². The molecule has 2 rings (SSSR count). The molecule has 0 fully saturated rings. The fourth-order valence-corrected chi connectivity index (χ4v) is 1.50. The number of hydrogen-bond donors (Lipinski definition) is 2. The lowest BCUT2D eigenvalue weighted by Crippen LogP contribution is -2.13. The Morgan fingerprint density at radius 1 is 1.56 bits per heavy atom. The van der Waals surface area contributed by atoms with Crippen molar-refractivity contribution < 1.29 is 4.79 Å². The highest BCUT2D eigenvalue weighted by atomic mass is 35.5. The van der Waals surface area contributed by atoms with Crippen LogP contribution in [0.15, 0.2) is 24.5 Å². The van der Waals surface area contributed by atoms with Crippen molar-refractivity contribution in [3.63, 3.8) is 0 Å². The van der Waals surface area contributed by atoms with Gasteiger partial charge in [-0.3, -0.25) is 14.9 Å². The van der Waals surface area contributed by atoms with E-state index in [2.05, 4.69) is 20.5 Å². The Morgan fingerprint density at radius 2 is 2.38 bits per heavy atom. The molecule has 0 saturated carbocycles. The first kappa shape index (κ1) is 10.6. The van der Waals surface area contributed by atoms with Gasteiger partial charge < -0.3 is 5.32 Å². The minimum Gasteiger partial charge on any atom is -0.307 e. The fraction of sp³-hybridized carbons (Fsp3) is 0.100. The molecular formula is C10H9ClN4O. The van der Waals surface area contributed by atoms with Crippen LogP contribution in [0.4, 0.5) is 5.82 Å². The van der Waals surface area contributed by atoms with E-state index in [-0.39, 0.29) is 5.91 Å². The van der Waals surface area contributed by atoms with Crippen LogP contribution in [0.25, 0.3) is 0 Å². The third-order valence-electron chi connectivity index (χ3n) is 1.98. The Labute approximate surface area is 96.8 Å². The van der Waals surface area contributed by atoms with Crippen LogP contribution in [0.3, 0.4) is 0 Å². The number of nitrogens with zero attached hydrogens (tertiary/aromatic N) is 2. The van der Waals surface area contributed by atoms with Gasteiger partial charge in [-0.05, 0) is 13.0 Å². The summed E-state index contributed by atoms with van der Waals surface area (Å²) < 4.78 is 0. The lowest BCUT2D eigenvalue weighted by atomic mass is 10.2. The third kappa shape index (κ3) is 2.20. The summed E-state index contributed by atoms with van der Waals surface area (Å²) in [6.07, 6.45) is 2.99. The Hall–Kier alpha value is -1.88. The van der Waals surface area contributed by atoms with Crippen LogP contribution < -0.4 is 5.32 Å². The first-order valence-corrected chi connectivity index (χ1v) is 4.97. The zero-order valence-corrected chi connectivity index (χ0v) is 9.25. The van der Waals surface area contributed by atoms with Gasteiger partial charge in [0.05, 0.1) is 16.8 Å². The van der Waals surface area contributed by atoms with E-state index in [1.165, 1.54) is 6.20 Å². The maximum atomic E-state index is 11.8. The number of pyridine rings is 1. The highest BCUT2D eigenvalue weighted by Gasteiger charge is 2.11. The van der Waals surface area contributed by atoms with E-state index in [0.29, 0.717) is 16.4 Å². The van der Waals surface area contributed by atoms with Crippen molar-refractivity contribution in [1.29, 1.82) is 0 Å². The molecule has 0 radical (unpaired) electrons. The van der Waals surface area contributed by atoms with Gasteiger partial charge in [0, 0.05) is 18.0 Å². The second-order valence-corrected chi connectivity index (χ2v) is 3.64. The minimum absolute atomic E-state index is 0.318. The van der Waals surface area contributed by atoms with E-state index in [4.69, 9.17) is 11.6 Å². The van der Waals surface area contributed by atoms with Crippen molar-refractivity contribution >= 4 is 23.3 Å². The average Bonchev–Trinajstić information content (AvgIpc) is 2.70. The Bertz CT molecular complexity index is 510. The van der Waals surface area contributed by atoms with Crippen molar-refractivity contribution in [1.82, 2.24) is 15.2 Å². The SMILES string of the molecule is Cc1cc(Cl)c(C(=O)Nc2ccn[nH]2)cn1. The number of halogens is 1. The first-order valence-electron chi connectivity index (χ1n) is 4.59. The van der Waals surface area contributed by atoms with Gasteiger partial charge in [-0.2, -0.15) is 5.10 Å². The second-order valence-electron chi connectivity index (χ2n) is 3.23. The number of amides is 1. The summed E-state index contributed by atoms with van der Waals surface area (Å²) in [6, 6.07) is 3.29. The molecule has 0 aromatic carbocycles. The molecule has 5 nitrogen and oxygen atoms in total. The Balaban J connectivity index is 2.21. The molecule has 2 aromatic rings. The molecule has 82 valence electrons. The van der Waals surface area contributed by atoms with E-state index >= 15 is 0 Å². The zero-order chi connectivity index (χ0) is 11.5. The lowest BCUT2D eigenvalue weighted by molar-refractivity contribution is 0.102. The van der Waals surface area contributed by atoms with Crippen molar-refractivity contribution in [3.8, 4) is 0 Å². The van der Waals surface area contributed by atoms with Gasteiger partial charge in [-0.25, -0.2) is 0 Å². The van der Waals surface area contributed by atoms with Gasteiger partial charge >= 0.3 is 0 Å². The summed E-state index contributed by atoms with van der Waals surface area (Å²) in [7, 11) is 0. The number of aromatic amines is 1. The minimum atomic E-state index is -0.318. The van der Waals surface area contributed by atoms with Gasteiger partial charge in [-0.15, -0.1) is 0 Å². The monoisotopic (exact) mass is 236 g/mol. The molecule has 0 unspecified atom stereocenters. The molecule has 16 heavy (non-hydrogen) atoms. The van der Waals surface area contributed by atoms with Crippen molar-refractivity contribution in [2.45, 2.75) is 6.92 Å². The maximum Gasteiger partial charge on any atom is 0.259 e. The van der Waals surface area contributed by atoms with Gasteiger partial charge in [0.15, 0.2) is 0 Å². The molecular weight excluding hydrogens is 228 g/mol. The van der Waals surface area contributed by atoms with Gasteiger partial charge in [0.2, 0.25) is 0 Å². The van der Waals surface area contributed by atoms with Gasteiger partial charge in [0.25, 0.3) is 5.91 Å². The summed E-state index contributed by atoms with van der Waals surface area (Å²) in [5.74, 6) is 0.198. The number of nitrogens with one attached hydrogen (secondary N) is 2. The molecule has 0 aliphatic heterocycles. The van der Waals surface area contributed by atoms with Crippen LogP contribution in [0.2, 0.25) is 5.02 Å². The molecule has 0 atom stereocenters. The van der Waals surface area contributed by atoms with Crippen LogP contribution in [0, 0.1) is 6.92 Å². The number of rotatable bonds is 2. The Morgan fingerprint density at radius 3 is 3.00 bits per heavy atom. The molecule has 6 heteroatoms. The van der Waals surface area contributed by atoms with Crippen LogP contribution in [0.1, 0.15) is 16.1 Å². The van der Waals surface area contributed by atoms with Crippen LogP contribution in [-0.2, 0) is 0 Å². The molecule has 2 N–H and O–H groups in total. The highest BCUT2D eigenvalue weighted by Crippen LogP contribution is 2.16. The third-order valence-corrected chi connectivity index (χ3v) is 2.30. The van der Waals surface area contributed by atoms with E-state index in [9.17, 15) is 4.79 Å². The van der Waals surface area contributed by atoms with Crippen molar-refractivity contribution in [2.24, 2.45) is 0 Å². The highest BCUT2D eigenvalue weighted by molar-refractivity contribution is 6.34. The quantitative estimate of drug-likeness (QED) is 0.838. The number of anilines is 1. The summed E-state index contributed by atoms with van der Waals surface area (Å²) in [5, 5.41) is 9.34. The number of hydrogen-bond acceptors (Lipinski definition) is 3. The Kier molecular flexibility index (Phi) is 2.87. The molecule has 0 bridgehead atoms. The van der Waals surface area contributed by atoms with Gasteiger partial charge in [0.1, 0.15) is 5.82 Å². The number of aromatic nitrogens is 3. The predicted molar refractivity (Wildman–Crippen MR) is 60.5 cm³/mol. The fourth-order valence-electron chi connectivity index (χ4n) is 1.21. The number of aryl methyl sites for hydroxylation is 1. The first-order chi connectivity index (χ1) is 7.66.